The van der Waals surface area contributed by atoms with Crippen molar-refractivity contribution in [2.24, 2.45) is 0 Å². The van der Waals surface area contributed by atoms with E-state index in [-0.39, 0.29) is 11.5 Å². The molecule has 2 heterocycles. The summed E-state index contributed by atoms with van der Waals surface area (Å²) in [4.78, 5) is 12.4. The van der Waals surface area contributed by atoms with E-state index in [9.17, 15) is 4.79 Å². The molecule has 0 amide bonds. The molecule has 28 heavy (non-hydrogen) atoms. The van der Waals surface area contributed by atoms with E-state index in [1.807, 2.05) is 72.2 Å². The zero-order valence-electron chi connectivity index (χ0n) is 15.2. The second-order valence-electron chi connectivity index (χ2n) is 6.09. The van der Waals surface area contributed by atoms with Gasteiger partial charge in [0.2, 0.25) is 11.7 Å². The SMILES string of the molecule is Cc1ccc(C(=O)CSc2nnc(Nc3ccccc3)n2-c2ccccc2)o1. The van der Waals surface area contributed by atoms with Crippen LogP contribution in [-0.4, -0.2) is 26.3 Å². The Morgan fingerprint density at radius 3 is 2.39 bits per heavy atom. The van der Waals surface area contributed by atoms with Crippen molar-refractivity contribution >= 4 is 29.2 Å². The highest BCUT2D eigenvalue weighted by molar-refractivity contribution is 7.99. The van der Waals surface area contributed by atoms with E-state index < -0.39 is 0 Å². The third-order valence-electron chi connectivity index (χ3n) is 4.03. The second-order valence-corrected chi connectivity index (χ2v) is 7.03. The summed E-state index contributed by atoms with van der Waals surface area (Å²) in [5.41, 5.74) is 1.82. The first-order valence-electron chi connectivity index (χ1n) is 8.76. The van der Waals surface area contributed by atoms with Gasteiger partial charge in [0.15, 0.2) is 10.9 Å². The van der Waals surface area contributed by atoms with Crippen molar-refractivity contribution in [3.8, 4) is 5.69 Å². The fourth-order valence-electron chi connectivity index (χ4n) is 2.69. The van der Waals surface area contributed by atoms with Gasteiger partial charge in [-0.05, 0) is 43.3 Å². The van der Waals surface area contributed by atoms with Gasteiger partial charge in [0.25, 0.3) is 0 Å². The van der Waals surface area contributed by atoms with Gasteiger partial charge in [0.05, 0.1) is 11.4 Å². The first-order chi connectivity index (χ1) is 13.7. The number of benzene rings is 2. The van der Waals surface area contributed by atoms with Crippen LogP contribution in [0.2, 0.25) is 0 Å². The monoisotopic (exact) mass is 390 g/mol. The second kappa shape index (κ2) is 8.14. The van der Waals surface area contributed by atoms with Gasteiger partial charge >= 0.3 is 0 Å². The molecule has 7 heteroatoms. The molecule has 0 aliphatic carbocycles. The largest absolute Gasteiger partial charge is 0.458 e. The number of hydrogen-bond acceptors (Lipinski definition) is 6. The van der Waals surface area contributed by atoms with E-state index in [4.69, 9.17) is 4.42 Å². The number of carbonyl (C=O) groups excluding carboxylic acids is 1. The van der Waals surface area contributed by atoms with Crippen molar-refractivity contribution in [2.45, 2.75) is 12.1 Å². The number of rotatable bonds is 7. The van der Waals surface area contributed by atoms with Crippen molar-refractivity contribution in [3.63, 3.8) is 0 Å². The number of furan rings is 1. The summed E-state index contributed by atoms with van der Waals surface area (Å²) in [5.74, 6) is 1.79. The molecule has 6 nitrogen and oxygen atoms in total. The van der Waals surface area contributed by atoms with E-state index in [0.29, 0.717) is 16.9 Å². The molecule has 140 valence electrons. The van der Waals surface area contributed by atoms with Crippen LogP contribution in [0.1, 0.15) is 16.3 Å². The summed E-state index contributed by atoms with van der Waals surface area (Å²) < 4.78 is 7.32. The number of ketones is 1. The number of aromatic nitrogens is 3. The van der Waals surface area contributed by atoms with Gasteiger partial charge in [-0.3, -0.25) is 9.36 Å². The Morgan fingerprint density at radius 1 is 1.00 bits per heavy atom. The third kappa shape index (κ3) is 3.99. The third-order valence-corrected chi connectivity index (χ3v) is 4.95. The number of nitrogens with one attached hydrogen (secondary N) is 1. The Hall–Kier alpha value is -3.32. The fourth-order valence-corrected chi connectivity index (χ4v) is 3.51. The molecule has 4 aromatic rings. The number of nitrogens with zero attached hydrogens (tertiary/aromatic N) is 3. The number of hydrogen-bond donors (Lipinski definition) is 1. The number of carbonyl (C=O) groups is 1. The molecule has 0 fully saturated rings. The minimum absolute atomic E-state index is 0.0849. The number of anilines is 2. The average Bonchev–Trinajstić information content (AvgIpc) is 3.34. The van der Waals surface area contributed by atoms with Gasteiger partial charge in [-0.25, -0.2) is 0 Å². The molecule has 0 aliphatic heterocycles. The summed E-state index contributed by atoms with van der Waals surface area (Å²) in [6.07, 6.45) is 0. The average molecular weight is 390 g/mol. The molecule has 0 radical (unpaired) electrons. The van der Waals surface area contributed by atoms with Crippen molar-refractivity contribution in [1.82, 2.24) is 14.8 Å². The van der Waals surface area contributed by atoms with E-state index in [1.165, 1.54) is 11.8 Å². The highest BCUT2D eigenvalue weighted by Gasteiger charge is 2.17. The van der Waals surface area contributed by atoms with Crippen LogP contribution in [0.5, 0.6) is 0 Å². The van der Waals surface area contributed by atoms with Crippen LogP contribution >= 0.6 is 11.8 Å². The zero-order valence-corrected chi connectivity index (χ0v) is 16.0. The van der Waals surface area contributed by atoms with Crippen LogP contribution in [0, 0.1) is 6.92 Å². The normalized spacial score (nSPS) is 10.8. The van der Waals surface area contributed by atoms with Crippen LogP contribution in [0.4, 0.5) is 11.6 Å². The van der Waals surface area contributed by atoms with Crippen LogP contribution in [-0.2, 0) is 0 Å². The molecule has 0 unspecified atom stereocenters. The lowest BCUT2D eigenvalue weighted by Crippen LogP contribution is -2.05. The highest BCUT2D eigenvalue weighted by Crippen LogP contribution is 2.27. The van der Waals surface area contributed by atoms with Crippen LogP contribution in [0.3, 0.4) is 0 Å². The molecule has 1 N–H and O–H groups in total. The Balaban J connectivity index is 1.60. The van der Waals surface area contributed by atoms with Crippen LogP contribution in [0.15, 0.2) is 82.4 Å². The summed E-state index contributed by atoms with van der Waals surface area (Å²) in [6, 6.07) is 23.1. The Labute approximate surface area is 166 Å². The maximum atomic E-state index is 12.4. The lowest BCUT2D eigenvalue weighted by atomic mass is 10.3. The summed E-state index contributed by atoms with van der Waals surface area (Å²) >= 11 is 1.33. The van der Waals surface area contributed by atoms with E-state index in [2.05, 4.69) is 15.5 Å². The van der Waals surface area contributed by atoms with E-state index in [0.717, 1.165) is 17.1 Å². The summed E-state index contributed by atoms with van der Waals surface area (Å²) in [5, 5.41) is 12.5. The molecule has 0 saturated heterocycles. The van der Waals surface area contributed by atoms with Gasteiger partial charge < -0.3 is 9.73 Å². The smallest absolute Gasteiger partial charge is 0.234 e. The van der Waals surface area contributed by atoms with Crippen LogP contribution in [0.25, 0.3) is 5.69 Å². The summed E-state index contributed by atoms with van der Waals surface area (Å²) in [7, 11) is 0. The molecular weight excluding hydrogens is 372 g/mol. The lowest BCUT2D eigenvalue weighted by Gasteiger charge is -2.11. The van der Waals surface area contributed by atoms with E-state index in [1.54, 1.807) is 12.1 Å². The summed E-state index contributed by atoms with van der Waals surface area (Å²) in [6.45, 7) is 1.82. The van der Waals surface area contributed by atoms with Crippen molar-refractivity contribution in [3.05, 3.63) is 84.3 Å². The highest BCUT2D eigenvalue weighted by atomic mass is 32.2. The van der Waals surface area contributed by atoms with Crippen molar-refractivity contribution in [2.75, 3.05) is 11.1 Å². The quantitative estimate of drug-likeness (QED) is 0.358. The standard InChI is InChI=1S/C21H18N4O2S/c1-15-12-13-19(27-15)18(26)14-28-21-24-23-20(22-16-8-4-2-5-9-16)25(21)17-10-6-3-7-11-17/h2-13H,14H2,1H3,(H,22,23). The van der Waals surface area contributed by atoms with E-state index >= 15 is 0 Å². The zero-order chi connectivity index (χ0) is 19.3. The van der Waals surface area contributed by atoms with Gasteiger partial charge in [-0.2, -0.15) is 0 Å². The number of Topliss-reactive ketones (excluding diaryl/α,β-unsaturated/α-hetero) is 1. The fraction of sp³-hybridized carbons (Fsp3) is 0.0952. The number of aryl methyl sites for hydroxylation is 1. The Morgan fingerprint density at radius 2 is 1.71 bits per heavy atom. The Kier molecular flexibility index (Phi) is 5.25. The van der Waals surface area contributed by atoms with Crippen LogP contribution < -0.4 is 5.32 Å². The number of thioether (sulfide) groups is 1. The predicted octanol–water partition coefficient (Wildman–Crippen LogP) is 4.89. The lowest BCUT2D eigenvalue weighted by molar-refractivity contribution is 0.0991. The molecule has 0 bridgehead atoms. The molecule has 0 aliphatic rings. The first-order valence-corrected chi connectivity index (χ1v) is 9.74. The predicted molar refractivity (Wildman–Crippen MR) is 110 cm³/mol. The van der Waals surface area contributed by atoms with Gasteiger partial charge in [0.1, 0.15) is 5.76 Å². The number of para-hydroxylation sites is 2. The van der Waals surface area contributed by atoms with Gasteiger partial charge in [0, 0.05) is 5.69 Å². The first kappa shape index (κ1) is 18.1. The topological polar surface area (TPSA) is 73.0 Å². The molecule has 2 aromatic carbocycles. The molecule has 0 spiro atoms. The molecule has 0 atom stereocenters. The molecule has 4 rings (SSSR count). The van der Waals surface area contributed by atoms with Crippen molar-refractivity contribution < 1.29 is 9.21 Å². The van der Waals surface area contributed by atoms with Gasteiger partial charge in [-0.15, -0.1) is 10.2 Å². The molecule has 2 aromatic heterocycles. The van der Waals surface area contributed by atoms with Gasteiger partial charge in [-0.1, -0.05) is 48.2 Å². The minimum Gasteiger partial charge on any atom is -0.458 e. The van der Waals surface area contributed by atoms with Crippen molar-refractivity contribution in [1.29, 1.82) is 0 Å². The Bertz CT molecular complexity index is 1070. The minimum atomic E-state index is -0.0849. The molecule has 0 saturated carbocycles. The maximum Gasteiger partial charge on any atom is 0.234 e. The maximum absolute atomic E-state index is 12.4. The molecular formula is C21H18N4O2S.